The van der Waals surface area contributed by atoms with Crippen LogP contribution in [-0.4, -0.2) is 14.8 Å². The van der Waals surface area contributed by atoms with E-state index in [-0.39, 0.29) is 4.99 Å². The van der Waals surface area contributed by atoms with Gasteiger partial charge in [-0.3, -0.25) is 0 Å². The van der Waals surface area contributed by atoms with Crippen molar-refractivity contribution < 1.29 is 0 Å². The zero-order valence-corrected chi connectivity index (χ0v) is 11.4. The van der Waals surface area contributed by atoms with Crippen molar-refractivity contribution in [3.63, 3.8) is 0 Å². The van der Waals surface area contributed by atoms with E-state index in [1.54, 1.807) is 16.9 Å². The fourth-order valence-electron chi connectivity index (χ4n) is 2.10. The van der Waals surface area contributed by atoms with Crippen LogP contribution in [0.4, 0.5) is 0 Å². The second-order valence-electron chi connectivity index (χ2n) is 4.11. The van der Waals surface area contributed by atoms with Crippen LogP contribution < -0.4 is 5.73 Å². The van der Waals surface area contributed by atoms with Crippen LogP contribution in [0.1, 0.15) is 5.56 Å². The zero-order chi connectivity index (χ0) is 13.4. The minimum atomic E-state index is 0.264. The number of hydrogen-bond donors (Lipinski definition) is 1. The summed E-state index contributed by atoms with van der Waals surface area (Å²) in [5.41, 5.74) is 8.20. The Morgan fingerprint density at radius 1 is 1.16 bits per heavy atom. The molecule has 3 nitrogen and oxygen atoms in total. The molecule has 0 spiro atoms. The van der Waals surface area contributed by atoms with Gasteiger partial charge in [0.25, 0.3) is 0 Å². The zero-order valence-electron chi connectivity index (χ0n) is 9.88. The number of thiocarbonyl (C=S) groups is 1. The van der Waals surface area contributed by atoms with Crippen LogP contribution in [0.2, 0.25) is 5.02 Å². The number of rotatable bonds is 2. The molecule has 0 atom stereocenters. The van der Waals surface area contributed by atoms with Crippen LogP contribution in [0.3, 0.4) is 0 Å². The summed E-state index contributed by atoms with van der Waals surface area (Å²) in [5.74, 6) is 0. The first-order valence-electron chi connectivity index (χ1n) is 5.70. The summed E-state index contributed by atoms with van der Waals surface area (Å²) < 4.78 is 1.80. The minimum Gasteiger partial charge on any atom is -0.389 e. The number of nitrogens with two attached hydrogens (primary N) is 1. The molecule has 2 N–H and O–H groups in total. The summed E-state index contributed by atoms with van der Waals surface area (Å²) in [7, 11) is 0. The lowest BCUT2D eigenvalue weighted by molar-refractivity contribution is 0.909. The van der Waals surface area contributed by atoms with Gasteiger partial charge in [-0.2, -0.15) is 5.10 Å². The molecule has 5 heteroatoms. The van der Waals surface area contributed by atoms with Crippen molar-refractivity contribution in [2.75, 3.05) is 0 Å². The van der Waals surface area contributed by atoms with E-state index < -0.39 is 0 Å². The average molecular weight is 288 g/mol. The third-order valence-electron chi connectivity index (χ3n) is 2.94. The molecule has 0 saturated heterocycles. The molecule has 1 aromatic heterocycles. The number of hydrogen-bond acceptors (Lipinski definition) is 2. The molecule has 0 bridgehead atoms. The summed E-state index contributed by atoms with van der Waals surface area (Å²) in [6.07, 6.45) is 1.81. The number of nitrogens with zero attached hydrogens (tertiary/aromatic N) is 2. The molecule has 94 valence electrons. The quantitative estimate of drug-likeness (QED) is 0.736. The van der Waals surface area contributed by atoms with Crippen LogP contribution in [0.25, 0.3) is 16.6 Å². The highest BCUT2D eigenvalue weighted by Gasteiger charge is 2.13. The Bertz CT molecular complexity index is 779. The van der Waals surface area contributed by atoms with Gasteiger partial charge in [0.05, 0.1) is 28.0 Å². The van der Waals surface area contributed by atoms with Crippen molar-refractivity contribution in [3.8, 4) is 5.69 Å². The van der Waals surface area contributed by atoms with Gasteiger partial charge in [0.1, 0.15) is 4.99 Å². The van der Waals surface area contributed by atoms with Crippen molar-refractivity contribution in [1.82, 2.24) is 9.78 Å². The topological polar surface area (TPSA) is 43.8 Å². The van der Waals surface area contributed by atoms with E-state index in [4.69, 9.17) is 29.6 Å². The van der Waals surface area contributed by atoms with Crippen LogP contribution >= 0.6 is 23.8 Å². The van der Waals surface area contributed by atoms with Crippen molar-refractivity contribution >= 4 is 39.7 Å². The van der Waals surface area contributed by atoms with Crippen LogP contribution in [-0.2, 0) is 0 Å². The Morgan fingerprint density at radius 3 is 2.74 bits per heavy atom. The van der Waals surface area contributed by atoms with Crippen molar-refractivity contribution in [2.45, 2.75) is 0 Å². The Hall–Kier alpha value is -1.91. The first-order valence-corrected chi connectivity index (χ1v) is 6.48. The van der Waals surface area contributed by atoms with Crippen molar-refractivity contribution in [3.05, 3.63) is 59.2 Å². The van der Waals surface area contributed by atoms with E-state index >= 15 is 0 Å². The smallest absolute Gasteiger partial charge is 0.107 e. The van der Waals surface area contributed by atoms with Gasteiger partial charge in [-0.25, -0.2) is 4.68 Å². The summed E-state index contributed by atoms with van der Waals surface area (Å²) in [4.78, 5) is 0.264. The molecule has 1 heterocycles. The third kappa shape index (κ3) is 1.99. The maximum absolute atomic E-state index is 6.18. The molecule has 19 heavy (non-hydrogen) atoms. The lowest BCUT2D eigenvalue weighted by Gasteiger charge is -2.11. The monoisotopic (exact) mass is 287 g/mol. The van der Waals surface area contributed by atoms with E-state index in [0.29, 0.717) is 10.6 Å². The predicted octanol–water partition coefficient (Wildman–Crippen LogP) is 3.31. The Labute approximate surface area is 120 Å². The van der Waals surface area contributed by atoms with Gasteiger partial charge in [0, 0.05) is 5.39 Å². The van der Waals surface area contributed by atoms with Gasteiger partial charge in [0.2, 0.25) is 0 Å². The fourth-order valence-corrected chi connectivity index (χ4v) is 2.64. The van der Waals surface area contributed by atoms with Gasteiger partial charge in [0.15, 0.2) is 0 Å². The van der Waals surface area contributed by atoms with E-state index in [2.05, 4.69) is 5.10 Å². The van der Waals surface area contributed by atoms with E-state index in [1.165, 1.54) is 0 Å². The molecule has 0 aliphatic rings. The maximum Gasteiger partial charge on any atom is 0.107 e. The molecule has 0 aliphatic heterocycles. The highest BCUT2D eigenvalue weighted by molar-refractivity contribution is 7.80. The number of aromatic nitrogens is 2. The standard InChI is InChI=1S/C14H10ClN3S/c15-10-5-3-7-12(13(10)14(16)19)18-11-6-2-1-4-9(11)8-17-18/h1-8H,(H2,16,19). The first-order chi connectivity index (χ1) is 9.18. The highest BCUT2D eigenvalue weighted by atomic mass is 35.5. The van der Waals surface area contributed by atoms with Gasteiger partial charge in [-0.15, -0.1) is 0 Å². The second kappa shape index (κ2) is 4.64. The Kier molecular flexibility index (Phi) is 2.97. The van der Waals surface area contributed by atoms with Crippen LogP contribution in [0.15, 0.2) is 48.7 Å². The van der Waals surface area contributed by atoms with Crippen LogP contribution in [0.5, 0.6) is 0 Å². The molecule has 0 radical (unpaired) electrons. The lowest BCUT2D eigenvalue weighted by Crippen LogP contribution is -2.14. The molecular formula is C14H10ClN3S. The number of fused-ring (bicyclic) bond motifs is 1. The molecular weight excluding hydrogens is 278 g/mol. The summed E-state index contributed by atoms with van der Waals surface area (Å²) in [6, 6.07) is 13.5. The molecule has 0 unspecified atom stereocenters. The van der Waals surface area contributed by atoms with E-state index in [0.717, 1.165) is 16.6 Å². The minimum absolute atomic E-state index is 0.264. The molecule has 3 rings (SSSR count). The molecule has 2 aromatic carbocycles. The summed E-state index contributed by atoms with van der Waals surface area (Å²) in [5, 5.41) is 5.98. The molecule has 0 amide bonds. The Balaban J connectivity index is 2.33. The van der Waals surface area contributed by atoms with Gasteiger partial charge in [-0.05, 0) is 18.2 Å². The lowest BCUT2D eigenvalue weighted by atomic mass is 10.1. The average Bonchev–Trinajstić information content (AvgIpc) is 2.81. The predicted molar refractivity (Wildman–Crippen MR) is 82.0 cm³/mol. The summed E-state index contributed by atoms with van der Waals surface area (Å²) in [6.45, 7) is 0. The number of benzene rings is 2. The SMILES string of the molecule is NC(=S)c1c(Cl)cccc1-n1ncc2ccccc21. The van der Waals surface area contributed by atoms with Crippen molar-refractivity contribution in [1.29, 1.82) is 0 Å². The third-order valence-corrected chi connectivity index (χ3v) is 3.46. The Morgan fingerprint density at radius 2 is 1.95 bits per heavy atom. The number of para-hydroxylation sites is 1. The molecule has 0 fully saturated rings. The number of halogens is 1. The van der Waals surface area contributed by atoms with Crippen molar-refractivity contribution in [2.24, 2.45) is 5.73 Å². The maximum atomic E-state index is 6.18. The highest BCUT2D eigenvalue weighted by Crippen LogP contribution is 2.25. The van der Waals surface area contributed by atoms with Gasteiger partial charge >= 0.3 is 0 Å². The van der Waals surface area contributed by atoms with Gasteiger partial charge < -0.3 is 5.73 Å². The molecule has 0 aliphatic carbocycles. The summed E-state index contributed by atoms with van der Waals surface area (Å²) >= 11 is 11.3. The fraction of sp³-hybridized carbons (Fsp3) is 0. The second-order valence-corrected chi connectivity index (χ2v) is 4.96. The van der Waals surface area contributed by atoms with Gasteiger partial charge in [-0.1, -0.05) is 48.1 Å². The molecule has 3 aromatic rings. The largest absolute Gasteiger partial charge is 0.389 e. The van der Waals surface area contributed by atoms with E-state index in [9.17, 15) is 0 Å². The van der Waals surface area contributed by atoms with Crippen LogP contribution in [0, 0.1) is 0 Å². The first kappa shape index (κ1) is 12.1. The van der Waals surface area contributed by atoms with E-state index in [1.807, 2.05) is 36.4 Å². The normalized spacial score (nSPS) is 10.8. The molecule has 0 saturated carbocycles.